The molecule has 1 unspecified atom stereocenters. The number of thioether (sulfide) groups is 1. The molecule has 0 radical (unpaired) electrons. The van der Waals surface area contributed by atoms with Crippen molar-refractivity contribution in [3.63, 3.8) is 0 Å². The molecule has 1 atom stereocenters. The molecular weight excluding hydrogens is 432 g/mol. The molecule has 0 aliphatic heterocycles. The number of halogens is 1. The summed E-state index contributed by atoms with van der Waals surface area (Å²) in [6, 6.07) is 7.03. The van der Waals surface area contributed by atoms with Crippen LogP contribution in [-0.4, -0.2) is 36.8 Å². The number of carbonyl (C=O) groups is 2. The maximum atomic E-state index is 12.4. The van der Waals surface area contributed by atoms with E-state index in [0.29, 0.717) is 33.4 Å². The van der Waals surface area contributed by atoms with Gasteiger partial charge in [0.2, 0.25) is 11.8 Å². The fourth-order valence-corrected chi connectivity index (χ4v) is 4.11. The van der Waals surface area contributed by atoms with Crippen molar-refractivity contribution in [2.75, 3.05) is 10.6 Å². The van der Waals surface area contributed by atoms with Crippen LogP contribution in [0, 0.1) is 0 Å². The summed E-state index contributed by atoms with van der Waals surface area (Å²) in [5.74, 6) is 0.104. The Bertz CT molecular complexity index is 992. The van der Waals surface area contributed by atoms with Crippen molar-refractivity contribution in [3.8, 4) is 0 Å². The minimum absolute atomic E-state index is 0.0479. The van der Waals surface area contributed by atoms with Crippen LogP contribution in [0.5, 0.6) is 0 Å². The molecule has 0 saturated carbocycles. The van der Waals surface area contributed by atoms with E-state index in [0.717, 1.165) is 0 Å². The quantitative estimate of drug-likeness (QED) is 0.507. The Morgan fingerprint density at radius 2 is 2.07 bits per heavy atom. The van der Waals surface area contributed by atoms with Crippen molar-refractivity contribution >= 4 is 57.3 Å². The second kappa shape index (κ2) is 9.86. The molecule has 3 rings (SSSR count). The summed E-state index contributed by atoms with van der Waals surface area (Å²) >= 11 is 8.72. The Kier molecular flexibility index (Phi) is 7.24. The summed E-state index contributed by atoms with van der Waals surface area (Å²) in [4.78, 5) is 28.8. The van der Waals surface area contributed by atoms with E-state index in [9.17, 15) is 9.59 Å². The maximum absolute atomic E-state index is 12.4. The number of anilines is 2. The Morgan fingerprint density at radius 3 is 2.76 bits per heavy atom. The van der Waals surface area contributed by atoms with Crippen molar-refractivity contribution in [3.05, 3.63) is 46.7 Å². The van der Waals surface area contributed by atoms with E-state index >= 15 is 0 Å². The summed E-state index contributed by atoms with van der Waals surface area (Å²) in [5.41, 5.74) is 0.545. The average Bonchev–Trinajstić information content (AvgIpc) is 3.33. The van der Waals surface area contributed by atoms with Crippen LogP contribution >= 0.6 is 34.7 Å². The second-order valence-corrected chi connectivity index (χ2v) is 8.54. The zero-order valence-electron chi connectivity index (χ0n) is 15.8. The van der Waals surface area contributed by atoms with Gasteiger partial charge in [-0.05, 0) is 26.0 Å². The highest BCUT2D eigenvalue weighted by Crippen LogP contribution is 2.25. The molecule has 29 heavy (non-hydrogen) atoms. The van der Waals surface area contributed by atoms with Crippen molar-refractivity contribution in [1.29, 1.82) is 0 Å². The normalized spacial score (nSPS) is 11.8. The van der Waals surface area contributed by atoms with Gasteiger partial charge < -0.3 is 15.2 Å². The molecule has 0 bridgehead atoms. The van der Waals surface area contributed by atoms with Gasteiger partial charge in [0.1, 0.15) is 5.82 Å². The highest BCUT2D eigenvalue weighted by atomic mass is 35.5. The summed E-state index contributed by atoms with van der Waals surface area (Å²) in [6.45, 7) is 4.29. The second-order valence-electron chi connectivity index (χ2n) is 5.93. The van der Waals surface area contributed by atoms with E-state index in [1.165, 1.54) is 23.1 Å². The lowest BCUT2D eigenvalue weighted by atomic mass is 10.3. The van der Waals surface area contributed by atoms with E-state index in [1.54, 1.807) is 42.8 Å². The average molecular weight is 451 g/mol. The summed E-state index contributed by atoms with van der Waals surface area (Å²) in [6.07, 6.45) is 1.68. The number of hydrogen-bond acceptors (Lipinski definition) is 7. The van der Waals surface area contributed by atoms with Gasteiger partial charge in [0.05, 0.1) is 22.4 Å². The molecule has 0 spiro atoms. The Hall–Kier alpha value is -2.43. The van der Waals surface area contributed by atoms with Gasteiger partial charge in [-0.2, -0.15) is 0 Å². The minimum atomic E-state index is -0.404. The topological polar surface area (TPSA) is 102 Å². The van der Waals surface area contributed by atoms with Crippen molar-refractivity contribution in [2.24, 2.45) is 0 Å². The van der Waals surface area contributed by atoms with Gasteiger partial charge in [-0.1, -0.05) is 35.5 Å². The van der Waals surface area contributed by atoms with E-state index in [-0.39, 0.29) is 18.2 Å². The lowest BCUT2D eigenvalue weighted by Crippen LogP contribution is -2.23. The molecule has 152 valence electrons. The fourth-order valence-electron chi connectivity index (χ4n) is 2.46. The molecular formula is C18H19ClN6O2S2. The molecule has 0 aliphatic carbocycles. The molecule has 0 fully saturated rings. The summed E-state index contributed by atoms with van der Waals surface area (Å²) in [5, 5.41) is 16.8. The van der Waals surface area contributed by atoms with E-state index in [2.05, 4.69) is 25.8 Å². The van der Waals surface area contributed by atoms with Gasteiger partial charge >= 0.3 is 0 Å². The summed E-state index contributed by atoms with van der Waals surface area (Å²) < 4.78 is 1.82. The Morgan fingerprint density at radius 1 is 1.28 bits per heavy atom. The number of carbonyl (C=O) groups excluding carboxylic acids is 2. The standard InChI is InChI=1S/C18H19ClN6O2S2/c1-3-25-14(10-15(26)21-13-7-5-4-6-12(13)19)23-24-18(25)29-11(2)16(27)22-17-20-8-9-28-17/h4-9,11H,3,10H2,1-2H3,(H,21,26)(H,20,22,27). The number of rotatable bonds is 8. The van der Waals surface area contributed by atoms with Crippen LogP contribution in [0.1, 0.15) is 19.7 Å². The predicted octanol–water partition coefficient (Wildman–Crippen LogP) is 3.71. The lowest BCUT2D eigenvalue weighted by Gasteiger charge is -2.12. The van der Waals surface area contributed by atoms with Crippen LogP contribution in [0.25, 0.3) is 0 Å². The van der Waals surface area contributed by atoms with Gasteiger partial charge in [-0.15, -0.1) is 21.5 Å². The van der Waals surface area contributed by atoms with Gasteiger partial charge in [0, 0.05) is 18.1 Å². The molecule has 8 nitrogen and oxygen atoms in total. The number of nitrogens with zero attached hydrogens (tertiary/aromatic N) is 4. The van der Waals surface area contributed by atoms with Crippen LogP contribution < -0.4 is 10.6 Å². The van der Waals surface area contributed by atoms with Crippen LogP contribution in [0.15, 0.2) is 41.0 Å². The number of amides is 2. The highest BCUT2D eigenvalue weighted by molar-refractivity contribution is 8.00. The Labute approximate surface area is 181 Å². The number of nitrogens with one attached hydrogen (secondary N) is 2. The fraction of sp³-hybridized carbons (Fsp3) is 0.278. The number of benzene rings is 1. The first-order chi connectivity index (χ1) is 14.0. The van der Waals surface area contributed by atoms with Gasteiger partial charge in [0.25, 0.3) is 0 Å². The predicted molar refractivity (Wildman–Crippen MR) is 116 cm³/mol. The first kappa shape index (κ1) is 21.3. The molecule has 11 heteroatoms. The van der Waals surface area contributed by atoms with E-state index in [4.69, 9.17) is 11.6 Å². The van der Waals surface area contributed by atoms with Crippen molar-refractivity contribution in [2.45, 2.75) is 37.2 Å². The molecule has 1 aromatic carbocycles. The van der Waals surface area contributed by atoms with Gasteiger partial charge in [0.15, 0.2) is 10.3 Å². The largest absolute Gasteiger partial charge is 0.324 e. The van der Waals surface area contributed by atoms with Gasteiger partial charge in [-0.3, -0.25) is 9.59 Å². The monoisotopic (exact) mass is 450 g/mol. The Balaban J connectivity index is 1.64. The number of hydrogen-bond donors (Lipinski definition) is 2. The molecule has 2 N–H and O–H groups in total. The molecule has 2 amide bonds. The number of para-hydroxylation sites is 1. The number of aromatic nitrogens is 4. The molecule has 0 saturated heterocycles. The van der Waals surface area contributed by atoms with Crippen LogP contribution in [0.4, 0.5) is 10.8 Å². The van der Waals surface area contributed by atoms with Crippen LogP contribution in [-0.2, 0) is 22.6 Å². The highest BCUT2D eigenvalue weighted by Gasteiger charge is 2.21. The third kappa shape index (κ3) is 5.55. The van der Waals surface area contributed by atoms with Crippen LogP contribution in [0.3, 0.4) is 0 Å². The zero-order valence-corrected chi connectivity index (χ0v) is 18.1. The third-order valence-corrected chi connectivity index (χ3v) is 5.99. The van der Waals surface area contributed by atoms with Crippen LogP contribution in [0.2, 0.25) is 5.02 Å². The molecule has 2 heterocycles. The first-order valence-corrected chi connectivity index (χ1v) is 10.9. The number of thiazole rings is 1. The smallest absolute Gasteiger partial charge is 0.239 e. The van der Waals surface area contributed by atoms with Crippen molar-refractivity contribution < 1.29 is 9.59 Å². The summed E-state index contributed by atoms with van der Waals surface area (Å²) in [7, 11) is 0. The third-order valence-electron chi connectivity index (χ3n) is 3.89. The molecule has 2 aromatic heterocycles. The SMILES string of the molecule is CCn1c(CC(=O)Nc2ccccc2Cl)nnc1SC(C)C(=O)Nc1nccs1. The minimum Gasteiger partial charge on any atom is -0.324 e. The van der Waals surface area contributed by atoms with Gasteiger partial charge in [-0.25, -0.2) is 4.98 Å². The molecule has 3 aromatic rings. The zero-order chi connectivity index (χ0) is 20.8. The van der Waals surface area contributed by atoms with E-state index < -0.39 is 5.25 Å². The first-order valence-electron chi connectivity index (χ1n) is 8.81. The maximum Gasteiger partial charge on any atom is 0.239 e. The van der Waals surface area contributed by atoms with Crippen molar-refractivity contribution in [1.82, 2.24) is 19.7 Å². The lowest BCUT2D eigenvalue weighted by molar-refractivity contribution is -0.116. The van der Waals surface area contributed by atoms with E-state index in [1.807, 2.05) is 11.5 Å². The molecule has 0 aliphatic rings.